The van der Waals surface area contributed by atoms with Crippen molar-refractivity contribution >= 4 is 15.9 Å². The molecule has 1 aromatic carbocycles. The topological polar surface area (TPSA) is 18.5 Å². The Balaban J connectivity index is 1.21. The molecular weight excluding hydrogens is 524 g/mol. The summed E-state index contributed by atoms with van der Waals surface area (Å²) in [5.41, 5.74) is -0.770. The number of unbranched alkanes of at least 4 members (excludes halogenated alkanes) is 2. The summed E-state index contributed by atoms with van der Waals surface area (Å²) < 4.78 is 67.7. The second-order valence-electron chi connectivity index (χ2n) is 11.0. The van der Waals surface area contributed by atoms with E-state index < -0.39 is 22.0 Å². The Labute approximate surface area is 215 Å². The standard InChI is InChI=1S/C28H39BrF4O2/c1-2-3-4-5-18-6-8-20(9-7-18)23-16-34-27(35-17-23)21-12-10-19(11-13-21)22-14-24(30)26(25(31)15-22)28(29,32)33/h14-15,18-21,23,27H,2-13,16-17H2,1H3. The molecule has 0 amide bonds. The fourth-order valence-corrected chi connectivity index (χ4v) is 6.91. The molecule has 2 saturated carbocycles. The number of alkyl halides is 3. The zero-order valence-corrected chi connectivity index (χ0v) is 22.3. The first kappa shape index (κ1) is 27.4. The smallest absolute Gasteiger partial charge is 0.332 e. The molecular formula is C28H39BrF4O2. The van der Waals surface area contributed by atoms with Crippen LogP contribution in [0.4, 0.5) is 17.6 Å². The van der Waals surface area contributed by atoms with Crippen molar-refractivity contribution in [2.24, 2.45) is 23.7 Å². The van der Waals surface area contributed by atoms with Crippen LogP contribution in [-0.4, -0.2) is 19.5 Å². The Bertz CT molecular complexity index is 783. The van der Waals surface area contributed by atoms with E-state index in [9.17, 15) is 17.6 Å². The van der Waals surface area contributed by atoms with E-state index >= 15 is 0 Å². The van der Waals surface area contributed by atoms with Crippen LogP contribution in [0.25, 0.3) is 0 Å². The van der Waals surface area contributed by atoms with Crippen molar-refractivity contribution in [2.45, 2.75) is 101 Å². The molecule has 1 heterocycles. The Morgan fingerprint density at radius 2 is 1.40 bits per heavy atom. The molecule has 0 atom stereocenters. The molecule has 2 aliphatic carbocycles. The molecule has 2 nitrogen and oxygen atoms in total. The molecule has 1 saturated heterocycles. The molecule has 3 aliphatic rings. The number of hydrogen-bond donors (Lipinski definition) is 0. The van der Waals surface area contributed by atoms with Crippen LogP contribution < -0.4 is 0 Å². The third kappa shape index (κ3) is 7.01. The lowest BCUT2D eigenvalue weighted by Gasteiger charge is -2.41. The molecule has 0 unspecified atom stereocenters. The SMILES string of the molecule is CCCCCC1CCC(C2COC(C3CCC(c4cc(F)c(C(F)(F)Br)c(F)c4)CC3)OC2)CC1. The minimum atomic E-state index is -3.72. The summed E-state index contributed by atoms with van der Waals surface area (Å²) in [5.74, 6) is -0.0994. The lowest BCUT2D eigenvalue weighted by Crippen LogP contribution is -2.41. The van der Waals surface area contributed by atoms with E-state index in [2.05, 4.69) is 22.9 Å². The van der Waals surface area contributed by atoms with E-state index in [-0.39, 0.29) is 18.1 Å². The van der Waals surface area contributed by atoms with Crippen molar-refractivity contribution in [1.29, 1.82) is 0 Å². The first-order chi connectivity index (χ1) is 16.8. The number of benzene rings is 1. The van der Waals surface area contributed by atoms with Crippen LogP contribution in [0.5, 0.6) is 0 Å². The molecule has 1 aliphatic heterocycles. The Morgan fingerprint density at radius 1 is 0.829 bits per heavy atom. The van der Waals surface area contributed by atoms with Gasteiger partial charge in [-0.2, -0.15) is 8.78 Å². The number of rotatable bonds is 8. The van der Waals surface area contributed by atoms with Gasteiger partial charge in [0.15, 0.2) is 6.29 Å². The predicted molar refractivity (Wildman–Crippen MR) is 133 cm³/mol. The Morgan fingerprint density at radius 3 is 1.94 bits per heavy atom. The largest absolute Gasteiger partial charge is 0.352 e. The van der Waals surface area contributed by atoms with E-state index in [1.54, 1.807) is 0 Å². The Hall–Kier alpha value is -0.660. The second kappa shape index (κ2) is 12.3. The van der Waals surface area contributed by atoms with Crippen molar-refractivity contribution in [3.63, 3.8) is 0 Å². The van der Waals surface area contributed by atoms with E-state index in [1.165, 1.54) is 51.4 Å². The highest BCUT2D eigenvalue weighted by molar-refractivity contribution is 9.09. The van der Waals surface area contributed by atoms with Gasteiger partial charge in [0.2, 0.25) is 0 Å². The van der Waals surface area contributed by atoms with Gasteiger partial charge >= 0.3 is 4.83 Å². The van der Waals surface area contributed by atoms with Crippen LogP contribution in [0.3, 0.4) is 0 Å². The maximum atomic E-state index is 14.2. The quantitative estimate of drug-likeness (QED) is 0.179. The lowest BCUT2D eigenvalue weighted by molar-refractivity contribution is -0.236. The lowest BCUT2D eigenvalue weighted by atomic mass is 9.74. The van der Waals surface area contributed by atoms with Crippen molar-refractivity contribution in [2.75, 3.05) is 13.2 Å². The summed E-state index contributed by atoms with van der Waals surface area (Å²) in [4.78, 5) is -3.72. The summed E-state index contributed by atoms with van der Waals surface area (Å²) in [6.07, 6.45) is 13.6. The van der Waals surface area contributed by atoms with Crippen LogP contribution >= 0.6 is 15.9 Å². The van der Waals surface area contributed by atoms with Gasteiger partial charge in [-0.25, -0.2) is 8.78 Å². The van der Waals surface area contributed by atoms with Gasteiger partial charge in [0.05, 0.1) is 13.2 Å². The molecule has 4 rings (SSSR count). The maximum Gasteiger partial charge on any atom is 0.332 e. The van der Waals surface area contributed by atoms with Crippen LogP contribution in [0.2, 0.25) is 0 Å². The number of halogens is 5. The van der Waals surface area contributed by atoms with Gasteiger partial charge in [-0.15, -0.1) is 0 Å². The summed E-state index contributed by atoms with van der Waals surface area (Å²) >= 11 is 2.06. The van der Waals surface area contributed by atoms with Gasteiger partial charge in [-0.05, 0) is 89.9 Å². The van der Waals surface area contributed by atoms with Crippen molar-refractivity contribution < 1.29 is 27.0 Å². The van der Waals surface area contributed by atoms with Crippen LogP contribution in [-0.2, 0) is 14.3 Å². The van der Waals surface area contributed by atoms with E-state index in [0.717, 1.165) is 56.9 Å². The molecule has 198 valence electrons. The third-order valence-electron chi connectivity index (χ3n) is 8.70. The van der Waals surface area contributed by atoms with Gasteiger partial charge < -0.3 is 9.47 Å². The van der Waals surface area contributed by atoms with Gasteiger partial charge in [0, 0.05) is 11.8 Å². The predicted octanol–water partition coefficient (Wildman–Crippen LogP) is 9.06. The van der Waals surface area contributed by atoms with Crippen molar-refractivity contribution in [3.8, 4) is 0 Å². The summed E-state index contributed by atoms with van der Waals surface area (Å²) in [6, 6.07) is 2.13. The summed E-state index contributed by atoms with van der Waals surface area (Å²) in [7, 11) is 0. The molecule has 0 N–H and O–H groups in total. The highest BCUT2D eigenvalue weighted by Crippen LogP contribution is 2.43. The van der Waals surface area contributed by atoms with Crippen molar-refractivity contribution in [1.82, 2.24) is 0 Å². The maximum absolute atomic E-state index is 14.2. The van der Waals surface area contributed by atoms with Gasteiger partial charge in [0.1, 0.15) is 17.2 Å². The molecule has 7 heteroatoms. The monoisotopic (exact) mass is 562 g/mol. The van der Waals surface area contributed by atoms with Crippen molar-refractivity contribution in [3.05, 3.63) is 34.9 Å². The van der Waals surface area contributed by atoms with Crippen LogP contribution in [0.1, 0.15) is 101 Å². The zero-order chi connectivity index (χ0) is 25.0. The molecule has 0 aromatic heterocycles. The van der Waals surface area contributed by atoms with Gasteiger partial charge in [-0.3, -0.25) is 0 Å². The molecule has 0 spiro atoms. The minimum absolute atomic E-state index is 0.0444. The zero-order valence-electron chi connectivity index (χ0n) is 20.7. The average molecular weight is 564 g/mol. The fourth-order valence-electron chi connectivity index (χ4n) is 6.53. The van der Waals surface area contributed by atoms with Crippen LogP contribution in [0.15, 0.2) is 12.1 Å². The third-order valence-corrected chi connectivity index (χ3v) is 9.10. The van der Waals surface area contributed by atoms with Crippen LogP contribution in [0, 0.1) is 35.3 Å². The number of ether oxygens (including phenoxy) is 2. The van der Waals surface area contributed by atoms with E-state index in [1.807, 2.05) is 0 Å². The fraction of sp³-hybridized carbons (Fsp3) is 0.786. The summed E-state index contributed by atoms with van der Waals surface area (Å²) in [5, 5.41) is 0. The molecule has 3 fully saturated rings. The normalized spacial score (nSPS) is 32.5. The van der Waals surface area contributed by atoms with E-state index in [0.29, 0.717) is 17.4 Å². The molecule has 0 bridgehead atoms. The first-order valence-electron chi connectivity index (χ1n) is 13.6. The van der Waals surface area contributed by atoms with Gasteiger partial charge in [-0.1, -0.05) is 45.4 Å². The van der Waals surface area contributed by atoms with E-state index in [4.69, 9.17) is 9.47 Å². The highest BCUT2D eigenvalue weighted by atomic mass is 79.9. The minimum Gasteiger partial charge on any atom is -0.352 e. The molecule has 0 radical (unpaired) electrons. The average Bonchev–Trinajstić information content (AvgIpc) is 2.84. The second-order valence-corrected chi connectivity index (χ2v) is 12.0. The summed E-state index contributed by atoms with van der Waals surface area (Å²) in [6.45, 7) is 3.78. The Kier molecular flexibility index (Phi) is 9.59. The molecule has 1 aromatic rings. The van der Waals surface area contributed by atoms with Gasteiger partial charge in [0.25, 0.3) is 0 Å². The molecule has 35 heavy (non-hydrogen) atoms. The number of hydrogen-bond acceptors (Lipinski definition) is 2. The first-order valence-corrected chi connectivity index (χ1v) is 14.3. The highest BCUT2D eigenvalue weighted by Gasteiger charge is 2.38.